The van der Waals surface area contributed by atoms with Gasteiger partial charge in [0.15, 0.2) is 0 Å². The molecule has 4 rings (SSSR count). The van der Waals surface area contributed by atoms with Crippen molar-refractivity contribution in [2.24, 2.45) is 0 Å². The minimum absolute atomic E-state index is 0.00130. The minimum Gasteiger partial charge on any atom is -0.339 e. The number of benzene rings is 1. The molecule has 0 spiro atoms. The largest absolute Gasteiger partial charge is 0.339 e. The minimum atomic E-state index is -0.119. The number of likely N-dealkylation sites (tertiary alicyclic amines) is 1. The van der Waals surface area contributed by atoms with Gasteiger partial charge in [-0.05, 0) is 54.6 Å². The summed E-state index contributed by atoms with van der Waals surface area (Å²) in [5.41, 5.74) is 1.52. The lowest BCUT2D eigenvalue weighted by Crippen LogP contribution is -2.38. The molecule has 0 aliphatic carbocycles. The van der Waals surface area contributed by atoms with Crippen LogP contribution in [0.3, 0.4) is 0 Å². The van der Waals surface area contributed by atoms with Gasteiger partial charge in [0.25, 0.3) is 0 Å². The fraction of sp³-hybridized carbons (Fsp3) is 0.273. The Balaban J connectivity index is 1.41. The van der Waals surface area contributed by atoms with Crippen LogP contribution >= 0.6 is 11.3 Å². The van der Waals surface area contributed by atoms with Crippen molar-refractivity contribution >= 4 is 34.9 Å². The second kappa shape index (κ2) is 9.04. The smallest absolute Gasteiger partial charge is 0.246 e. The van der Waals surface area contributed by atoms with Crippen molar-refractivity contribution in [3.63, 3.8) is 0 Å². The Kier molecular flexibility index (Phi) is 6.04. The van der Waals surface area contributed by atoms with Crippen LogP contribution in [0, 0.1) is 0 Å². The van der Waals surface area contributed by atoms with E-state index in [4.69, 9.17) is 4.52 Å². The molecule has 1 aliphatic heterocycles. The predicted octanol–water partition coefficient (Wildman–Crippen LogP) is 4.18. The van der Waals surface area contributed by atoms with Gasteiger partial charge >= 0.3 is 0 Å². The van der Waals surface area contributed by atoms with Crippen molar-refractivity contribution < 1.29 is 14.1 Å². The number of hydrogen-bond acceptors (Lipinski definition) is 6. The van der Waals surface area contributed by atoms with Gasteiger partial charge in [-0.15, -0.1) is 11.3 Å². The molecule has 2 aromatic heterocycles. The van der Waals surface area contributed by atoms with Gasteiger partial charge in [-0.1, -0.05) is 11.2 Å². The van der Waals surface area contributed by atoms with Gasteiger partial charge in [0, 0.05) is 42.2 Å². The molecule has 3 aromatic rings. The summed E-state index contributed by atoms with van der Waals surface area (Å²) in [4.78, 5) is 31.1. The quantitative estimate of drug-likeness (QED) is 0.623. The maximum Gasteiger partial charge on any atom is 0.246 e. The number of nitrogens with zero attached hydrogens (tertiary/aromatic N) is 3. The van der Waals surface area contributed by atoms with Gasteiger partial charge in [-0.3, -0.25) is 9.59 Å². The summed E-state index contributed by atoms with van der Waals surface area (Å²) >= 11 is 1.60. The van der Waals surface area contributed by atoms with E-state index in [0.29, 0.717) is 23.9 Å². The number of amides is 2. The van der Waals surface area contributed by atoms with Crippen LogP contribution in [-0.2, 0) is 9.59 Å². The van der Waals surface area contributed by atoms with E-state index in [-0.39, 0.29) is 17.7 Å². The first-order chi connectivity index (χ1) is 14.6. The van der Waals surface area contributed by atoms with Crippen molar-refractivity contribution in [3.05, 3.63) is 58.6 Å². The van der Waals surface area contributed by atoms with E-state index in [1.165, 1.54) is 6.92 Å². The highest BCUT2D eigenvalue weighted by Crippen LogP contribution is 2.28. The van der Waals surface area contributed by atoms with Gasteiger partial charge in [0.05, 0.1) is 5.92 Å². The Hall–Kier alpha value is -3.26. The van der Waals surface area contributed by atoms with Crippen LogP contribution in [0.1, 0.15) is 36.5 Å². The van der Waals surface area contributed by atoms with Crippen LogP contribution < -0.4 is 5.32 Å². The molecule has 1 saturated heterocycles. The van der Waals surface area contributed by atoms with Crippen LogP contribution in [-0.4, -0.2) is 39.9 Å². The summed E-state index contributed by atoms with van der Waals surface area (Å²) in [5.74, 6) is 0.960. The Morgan fingerprint density at radius 1 is 1.27 bits per heavy atom. The second-order valence-corrected chi connectivity index (χ2v) is 8.17. The predicted molar refractivity (Wildman–Crippen MR) is 116 cm³/mol. The molecule has 8 heteroatoms. The first-order valence-corrected chi connectivity index (χ1v) is 10.7. The third-order valence-corrected chi connectivity index (χ3v) is 5.76. The molecule has 1 N–H and O–H groups in total. The Labute approximate surface area is 178 Å². The number of piperidine rings is 1. The molecular weight excluding hydrogens is 400 g/mol. The summed E-state index contributed by atoms with van der Waals surface area (Å²) in [5, 5.41) is 8.82. The highest BCUT2D eigenvalue weighted by atomic mass is 32.1. The van der Waals surface area contributed by atoms with Gasteiger partial charge in [-0.25, -0.2) is 0 Å². The SMILES string of the molecule is CC(=O)Nc1ccc(-c2noc(C3CCCN(C(=O)/C=C/c4cccs4)C3)n2)cc1. The summed E-state index contributed by atoms with van der Waals surface area (Å²) in [6.45, 7) is 2.77. The van der Waals surface area contributed by atoms with E-state index in [2.05, 4.69) is 15.5 Å². The first-order valence-electron chi connectivity index (χ1n) is 9.80. The van der Waals surface area contributed by atoms with E-state index < -0.39 is 0 Å². The Morgan fingerprint density at radius 2 is 2.10 bits per heavy atom. The van der Waals surface area contributed by atoms with E-state index >= 15 is 0 Å². The molecule has 1 aliphatic rings. The zero-order valence-corrected chi connectivity index (χ0v) is 17.4. The number of aromatic nitrogens is 2. The lowest BCUT2D eigenvalue weighted by Gasteiger charge is -2.30. The summed E-state index contributed by atoms with van der Waals surface area (Å²) in [6.07, 6.45) is 5.28. The van der Waals surface area contributed by atoms with Gasteiger partial charge in [0.2, 0.25) is 23.5 Å². The fourth-order valence-corrected chi connectivity index (χ4v) is 4.07. The number of rotatable bonds is 5. The highest BCUT2D eigenvalue weighted by Gasteiger charge is 2.28. The third kappa shape index (κ3) is 4.83. The second-order valence-electron chi connectivity index (χ2n) is 7.19. The van der Waals surface area contributed by atoms with Crippen molar-refractivity contribution in [2.75, 3.05) is 18.4 Å². The van der Waals surface area contributed by atoms with Gasteiger partial charge in [-0.2, -0.15) is 4.98 Å². The van der Waals surface area contributed by atoms with Gasteiger partial charge in [0.1, 0.15) is 0 Å². The van der Waals surface area contributed by atoms with E-state index in [1.807, 2.05) is 40.6 Å². The molecule has 2 amide bonds. The van der Waals surface area contributed by atoms with E-state index in [9.17, 15) is 9.59 Å². The van der Waals surface area contributed by atoms with Crippen LogP contribution in [0.5, 0.6) is 0 Å². The molecule has 30 heavy (non-hydrogen) atoms. The summed E-state index contributed by atoms with van der Waals surface area (Å²) < 4.78 is 5.52. The molecule has 154 valence electrons. The van der Waals surface area contributed by atoms with Crippen LogP contribution in [0.2, 0.25) is 0 Å². The number of nitrogens with one attached hydrogen (secondary N) is 1. The molecule has 1 aromatic carbocycles. The molecule has 0 saturated carbocycles. The number of carbonyl (C=O) groups excluding carboxylic acids is 2. The summed E-state index contributed by atoms with van der Waals surface area (Å²) in [6, 6.07) is 11.2. The van der Waals surface area contributed by atoms with E-state index in [0.717, 1.165) is 29.8 Å². The monoisotopic (exact) mass is 422 g/mol. The fourth-order valence-electron chi connectivity index (χ4n) is 3.45. The van der Waals surface area contributed by atoms with Crippen LogP contribution in [0.4, 0.5) is 5.69 Å². The van der Waals surface area contributed by atoms with Gasteiger partial charge < -0.3 is 14.7 Å². The third-order valence-electron chi connectivity index (χ3n) is 4.92. The number of anilines is 1. The standard InChI is InChI=1S/C22H22N4O3S/c1-15(27)23-18-8-6-16(7-9-18)21-24-22(29-25-21)17-4-2-12-26(14-17)20(28)11-10-19-5-3-13-30-19/h3,5-11,13,17H,2,4,12,14H2,1H3,(H,23,27)/b11-10+. The number of hydrogen-bond donors (Lipinski definition) is 1. The average molecular weight is 423 g/mol. The normalized spacial score (nSPS) is 16.7. The molecule has 1 fully saturated rings. The van der Waals surface area contributed by atoms with Crippen molar-refractivity contribution in [3.8, 4) is 11.4 Å². The molecule has 1 atom stereocenters. The number of thiophene rings is 1. The number of carbonyl (C=O) groups is 2. The van der Waals surface area contributed by atoms with Crippen molar-refractivity contribution in [2.45, 2.75) is 25.7 Å². The van der Waals surface area contributed by atoms with Crippen LogP contribution in [0.15, 0.2) is 52.4 Å². The molecule has 1 unspecified atom stereocenters. The van der Waals surface area contributed by atoms with Crippen molar-refractivity contribution in [1.82, 2.24) is 15.0 Å². The summed E-state index contributed by atoms with van der Waals surface area (Å²) in [7, 11) is 0. The Morgan fingerprint density at radius 3 is 2.83 bits per heavy atom. The van der Waals surface area contributed by atoms with E-state index in [1.54, 1.807) is 29.5 Å². The maximum absolute atomic E-state index is 12.6. The Bertz CT molecular complexity index is 1040. The average Bonchev–Trinajstić information content (AvgIpc) is 3.44. The van der Waals surface area contributed by atoms with Crippen LogP contribution in [0.25, 0.3) is 17.5 Å². The lowest BCUT2D eigenvalue weighted by molar-refractivity contribution is -0.127. The topological polar surface area (TPSA) is 88.3 Å². The maximum atomic E-state index is 12.6. The molecule has 0 bridgehead atoms. The molecular formula is C22H22N4O3S. The molecule has 7 nitrogen and oxygen atoms in total. The lowest BCUT2D eigenvalue weighted by atomic mass is 9.98. The first kappa shape index (κ1) is 20.0. The highest BCUT2D eigenvalue weighted by molar-refractivity contribution is 7.10. The van der Waals surface area contributed by atoms with Crippen molar-refractivity contribution in [1.29, 1.82) is 0 Å². The zero-order chi connectivity index (χ0) is 20.9. The molecule has 3 heterocycles. The zero-order valence-electron chi connectivity index (χ0n) is 16.6. The molecule has 0 radical (unpaired) electrons.